The fourth-order valence-electron chi connectivity index (χ4n) is 1.08. The summed E-state index contributed by atoms with van der Waals surface area (Å²) in [5.41, 5.74) is 0. The summed E-state index contributed by atoms with van der Waals surface area (Å²) in [7, 11) is 0. The number of hydrogen-bond acceptors (Lipinski definition) is 2. The predicted octanol–water partition coefficient (Wildman–Crippen LogP) is 0.921. The highest BCUT2D eigenvalue weighted by molar-refractivity contribution is 5.72. The van der Waals surface area contributed by atoms with Crippen molar-refractivity contribution in [3.63, 3.8) is 0 Å². The van der Waals surface area contributed by atoms with Crippen LogP contribution in [0, 0.1) is 5.92 Å². The molecule has 3 heteroatoms. The van der Waals surface area contributed by atoms with Gasteiger partial charge in [0, 0.05) is 20.1 Å². The summed E-state index contributed by atoms with van der Waals surface area (Å²) in [6.45, 7) is 4.68. The maximum absolute atomic E-state index is 10.5. The van der Waals surface area contributed by atoms with Crippen molar-refractivity contribution in [3.05, 3.63) is 0 Å². The van der Waals surface area contributed by atoms with E-state index >= 15 is 0 Å². The maximum atomic E-state index is 10.5. The molecule has 72 valence electrons. The second-order valence-electron chi connectivity index (χ2n) is 3.24. The summed E-state index contributed by atoms with van der Waals surface area (Å²) in [6.07, 6.45) is 2.90. The fourth-order valence-corrected chi connectivity index (χ4v) is 1.08. The van der Waals surface area contributed by atoms with E-state index in [9.17, 15) is 4.79 Å². The molecular weight excluding hydrogens is 154 g/mol. The first-order valence-electron chi connectivity index (χ1n) is 4.52. The Morgan fingerprint density at radius 2 is 2.17 bits per heavy atom. The zero-order valence-electron chi connectivity index (χ0n) is 7.97. The van der Waals surface area contributed by atoms with Gasteiger partial charge in [-0.05, 0) is 25.2 Å². The smallest absolute Gasteiger partial charge is 0.216 e. The highest BCUT2D eigenvalue weighted by Crippen LogP contribution is 2.08. The number of nitrogens with one attached hydrogen (secondary N) is 1. The molecule has 3 nitrogen and oxygen atoms in total. The summed E-state index contributed by atoms with van der Waals surface area (Å²) in [5.74, 6) is 0.619. The minimum Gasteiger partial charge on any atom is -0.396 e. The molecule has 0 bridgehead atoms. The van der Waals surface area contributed by atoms with E-state index in [1.807, 2.05) is 0 Å². The molecule has 0 aromatic rings. The monoisotopic (exact) mass is 173 g/mol. The van der Waals surface area contributed by atoms with Gasteiger partial charge >= 0.3 is 0 Å². The van der Waals surface area contributed by atoms with Gasteiger partial charge in [-0.1, -0.05) is 6.92 Å². The molecule has 0 aliphatic rings. The molecule has 0 radical (unpaired) electrons. The Bertz CT molecular complexity index is 126. The molecule has 1 amide bonds. The van der Waals surface area contributed by atoms with Crippen molar-refractivity contribution < 1.29 is 9.90 Å². The van der Waals surface area contributed by atoms with E-state index in [0.717, 1.165) is 25.8 Å². The lowest BCUT2D eigenvalue weighted by atomic mass is 10.0. The number of amides is 1. The van der Waals surface area contributed by atoms with Gasteiger partial charge in [0.05, 0.1) is 0 Å². The zero-order chi connectivity index (χ0) is 9.40. The van der Waals surface area contributed by atoms with E-state index in [2.05, 4.69) is 12.2 Å². The number of aliphatic hydroxyl groups excluding tert-OH is 1. The average Bonchev–Trinajstić information content (AvgIpc) is 2.00. The zero-order valence-corrected chi connectivity index (χ0v) is 7.97. The van der Waals surface area contributed by atoms with Crippen molar-refractivity contribution in [2.24, 2.45) is 5.92 Å². The largest absolute Gasteiger partial charge is 0.396 e. The average molecular weight is 173 g/mol. The summed E-state index contributed by atoms with van der Waals surface area (Å²) in [5, 5.41) is 11.3. The normalized spacial score (nSPS) is 12.6. The number of rotatable bonds is 6. The van der Waals surface area contributed by atoms with Gasteiger partial charge in [0.1, 0.15) is 0 Å². The number of carbonyl (C=O) groups is 1. The van der Waals surface area contributed by atoms with Crippen molar-refractivity contribution in [1.82, 2.24) is 5.32 Å². The molecule has 0 fully saturated rings. The predicted molar refractivity (Wildman–Crippen MR) is 48.8 cm³/mol. The SMILES string of the molecule is CC(=O)NCC[C@H](C)CCCO. The molecule has 0 aromatic heterocycles. The molecule has 0 rings (SSSR count). The highest BCUT2D eigenvalue weighted by atomic mass is 16.2. The molecule has 0 spiro atoms. The molecule has 2 N–H and O–H groups in total. The molecule has 0 saturated heterocycles. The van der Waals surface area contributed by atoms with Crippen LogP contribution in [0.1, 0.15) is 33.1 Å². The Morgan fingerprint density at radius 3 is 2.67 bits per heavy atom. The maximum Gasteiger partial charge on any atom is 0.216 e. The van der Waals surface area contributed by atoms with Crippen LogP contribution < -0.4 is 5.32 Å². The fraction of sp³-hybridized carbons (Fsp3) is 0.889. The van der Waals surface area contributed by atoms with Crippen LogP contribution in [0.3, 0.4) is 0 Å². The number of aliphatic hydroxyl groups is 1. The molecule has 0 unspecified atom stereocenters. The summed E-state index contributed by atoms with van der Waals surface area (Å²) in [4.78, 5) is 10.5. The van der Waals surface area contributed by atoms with Gasteiger partial charge in [0.2, 0.25) is 5.91 Å². The standard InChI is InChI=1S/C9H19NO2/c1-8(4-3-7-11)5-6-10-9(2)12/h8,11H,3-7H2,1-2H3,(H,10,12)/t8-/m1/s1. The van der Waals surface area contributed by atoms with Crippen LogP contribution in [0.4, 0.5) is 0 Å². The minimum absolute atomic E-state index is 0.0318. The number of hydrogen-bond donors (Lipinski definition) is 2. The number of carbonyl (C=O) groups excluding carboxylic acids is 1. The topological polar surface area (TPSA) is 49.3 Å². The van der Waals surface area contributed by atoms with E-state index in [4.69, 9.17) is 5.11 Å². The molecule has 0 aliphatic heterocycles. The Labute approximate surface area is 74.2 Å². The van der Waals surface area contributed by atoms with Gasteiger partial charge in [0.25, 0.3) is 0 Å². The first kappa shape index (κ1) is 11.4. The van der Waals surface area contributed by atoms with Crippen LogP contribution in [0.5, 0.6) is 0 Å². The van der Waals surface area contributed by atoms with Crippen LogP contribution in [0.15, 0.2) is 0 Å². The minimum atomic E-state index is 0.0318. The van der Waals surface area contributed by atoms with Crippen molar-refractivity contribution in [2.75, 3.05) is 13.2 Å². The second kappa shape index (κ2) is 7.10. The lowest BCUT2D eigenvalue weighted by Gasteiger charge is -2.09. The van der Waals surface area contributed by atoms with Gasteiger partial charge in [-0.25, -0.2) is 0 Å². The Kier molecular flexibility index (Phi) is 6.76. The molecule has 1 atom stereocenters. The van der Waals surface area contributed by atoms with E-state index in [1.54, 1.807) is 0 Å². The van der Waals surface area contributed by atoms with Crippen LogP contribution in [0.25, 0.3) is 0 Å². The van der Waals surface area contributed by atoms with E-state index < -0.39 is 0 Å². The van der Waals surface area contributed by atoms with Crippen LogP contribution in [-0.4, -0.2) is 24.2 Å². The van der Waals surface area contributed by atoms with Crippen LogP contribution in [0.2, 0.25) is 0 Å². The third kappa shape index (κ3) is 7.54. The molecule has 0 heterocycles. The van der Waals surface area contributed by atoms with Crippen molar-refractivity contribution in [3.8, 4) is 0 Å². The van der Waals surface area contributed by atoms with Gasteiger partial charge < -0.3 is 10.4 Å². The van der Waals surface area contributed by atoms with Gasteiger partial charge in [-0.15, -0.1) is 0 Å². The quantitative estimate of drug-likeness (QED) is 0.627. The van der Waals surface area contributed by atoms with Crippen molar-refractivity contribution in [2.45, 2.75) is 33.1 Å². The lowest BCUT2D eigenvalue weighted by Crippen LogP contribution is -2.22. The van der Waals surface area contributed by atoms with E-state index in [-0.39, 0.29) is 12.5 Å². The van der Waals surface area contributed by atoms with Crippen molar-refractivity contribution >= 4 is 5.91 Å². The Morgan fingerprint density at radius 1 is 1.50 bits per heavy atom. The summed E-state index contributed by atoms with van der Waals surface area (Å²) in [6, 6.07) is 0. The Balaban J connectivity index is 3.19. The third-order valence-electron chi connectivity index (χ3n) is 1.87. The van der Waals surface area contributed by atoms with Gasteiger partial charge in [-0.2, -0.15) is 0 Å². The first-order chi connectivity index (χ1) is 5.66. The molecule has 12 heavy (non-hydrogen) atoms. The van der Waals surface area contributed by atoms with E-state index in [0.29, 0.717) is 5.92 Å². The van der Waals surface area contributed by atoms with Gasteiger partial charge in [0.15, 0.2) is 0 Å². The second-order valence-corrected chi connectivity index (χ2v) is 3.24. The molecule has 0 saturated carbocycles. The summed E-state index contributed by atoms with van der Waals surface area (Å²) >= 11 is 0. The van der Waals surface area contributed by atoms with Crippen molar-refractivity contribution in [1.29, 1.82) is 0 Å². The Hall–Kier alpha value is -0.570. The van der Waals surface area contributed by atoms with Crippen LogP contribution >= 0.6 is 0 Å². The molecule has 0 aliphatic carbocycles. The summed E-state index contributed by atoms with van der Waals surface area (Å²) < 4.78 is 0. The molecular formula is C9H19NO2. The van der Waals surface area contributed by atoms with E-state index in [1.165, 1.54) is 6.92 Å². The van der Waals surface area contributed by atoms with Crippen LogP contribution in [-0.2, 0) is 4.79 Å². The van der Waals surface area contributed by atoms with Gasteiger partial charge in [-0.3, -0.25) is 4.79 Å². The third-order valence-corrected chi connectivity index (χ3v) is 1.87. The molecule has 0 aromatic carbocycles. The highest BCUT2D eigenvalue weighted by Gasteiger charge is 2.01. The first-order valence-corrected chi connectivity index (χ1v) is 4.52. The lowest BCUT2D eigenvalue weighted by molar-refractivity contribution is -0.118.